The highest BCUT2D eigenvalue weighted by molar-refractivity contribution is 6.18. The van der Waals surface area contributed by atoms with Crippen LogP contribution in [0.5, 0.6) is 0 Å². The second-order valence-corrected chi connectivity index (χ2v) is 7.43. The first-order valence-electron chi connectivity index (χ1n) is 9.83. The second kappa shape index (κ2) is 7.21. The maximum absolute atomic E-state index is 14.3. The first kappa shape index (κ1) is 18.7. The number of aryl methyl sites for hydroxylation is 1. The van der Waals surface area contributed by atoms with Crippen LogP contribution in [0, 0.1) is 11.6 Å². The highest BCUT2D eigenvalue weighted by atomic mass is 19.1. The van der Waals surface area contributed by atoms with Gasteiger partial charge in [0.2, 0.25) is 0 Å². The second-order valence-electron chi connectivity index (χ2n) is 7.43. The smallest absolute Gasteiger partial charge is 0.184 e. The number of carbonyl (C=O) groups excluding carboxylic acids is 1. The third-order valence-corrected chi connectivity index (χ3v) is 5.73. The van der Waals surface area contributed by atoms with E-state index in [4.69, 9.17) is 0 Å². The Morgan fingerprint density at radius 2 is 1.97 bits per heavy atom. The lowest BCUT2D eigenvalue weighted by molar-refractivity contribution is 0.0999. The van der Waals surface area contributed by atoms with E-state index in [2.05, 4.69) is 20.4 Å². The molecule has 6 nitrogen and oxygen atoms in total. The molecule has 2 unspecified atom stereocenters. The lowest BCUT2D eigenvalue weighted by atomic mass is 9.82. The van der Waals surface area contributed by atoms with Crippen molar-refractivity contribution in [2.75, 3.05) is 6.54 Å². The van der Waals surface area contributed by atoms with Gasteiger partial charge in [0, 0.05) is 30.3 Å². The Kier molecular flexibility index (Phi) is 4.51. The Morgan fingerprint density at radius 3 is 2.73 bits per heavy atom. The minimum Gasteiger partial charge on any atom is -0.305 e. The Bertz CT molecular complexity index is 1170. The first-order chi connectivity index (χ1) is 14.6. The number of rotatable bonds is 3. The first-order valence-corrected chi connectivity index (χ1v) is 9.83. The summed E-state index contributed by atoms with van der Waals surface area (Å²) in [4.78, 5) is 21.7. The zero-order valence-electron chi connectivity index (χ0n) is 16.3. The van der Waals surface area contributed by atoms with Crippen LogP contribution in [0.2, 0.25) is 0 Å². The molecule has 8 heteroatoms. The summed E-state index contributed by atoms with van der Waals surface area (Å²) in [6.07, 6.45) is 1.49. The van der Waals surface area contributed by atoms with Crippen molar-refractivity contribution in [1.29, 1.82) is 0 Å². The molecule has 1 N–H and O–H groups in total. The Labute approximate surface area is 171 Å². The van der Waals surface area contributed by atoms with E-state index in [1.165, 1.54) is 30.6 Å². The van der Waals surface area contributed by atoms with Crippen molar-refractivity contribution in [3.8, 4) is 0 Å². The molecule has 5 rings (SSSR count). The van der Waals surface area contributed by atoms with Crippen LogP contribution >= 0.6 is 0 Å². The molecule has 0 fully saturated rings. The summed E-state index contributed by atoms with van der Waals surface area (Å²) in [5, 5.41) is 7.78. The molecule has 2 aliphatic heterocycles. The van der Waals surface area contributed by atoms with Gasteiger partial charge >= 0.3 is 0 Å². The molecule has 0 radical (unpaired) electrons. The van der Waals surface area contributed by atoms with Gasteiger partial charge in [0.15, 0.2) is 5.78 Å². The molecule has 30 heavy (non-hydrogen) atoms. The van der Waals surface area contributed by atoms with Crippen LogP contribution in [0.1, 0.15) is 51.8 Å². The number of aromatic nitrogens is 3. The van der Waals surface area contributed by atoms with Gasteiger partial charge in [0.05, 0.1) is 11.6 Å². The summed E-state index contributed by atoms with van der Waals surface area (Å²) in [5.41, 5.74) is 3.22. The molecular formula is C22H19F2N5O. The molecule has 3 aromatic rings. The number of carbonyl (C=O) groups is 1. The molecule has 0 spiro atoms. The topological polar surface area (TPSA) is 72.2 Å². The van der Waals surface area contributed by atoms with E-state index in [0.717, 1.165) is 5.56 Å². The lowest BCUT2D eigenvalue weighted by Crippen LogP contribution is -2.33. The van der Waals surface area contributed by atoms with Gasteiger partial charge in [0.25, 0.3) is 0 Å². The number of aliphatic imine (C=N–C) groups is 1. The molecule has 2 aromatic carbocycles. The molecule has 0 amide bonds. The van der Waals surface area contributed by atoms with E-state index in [-0.39, 0.29) is 30.1 Å². The molecule has 0 saturated carbocycles. The molecule has 152 valence electrons. The van der Waals surface area contributed by atoms with Crippen LogP contribution < -0.4 is 5.32 Å². The van der Waals surface area contributed by atoms with Crippen LogP contribution in [0.4, 0.5) is 8.78 Å². The minimum atomic E-state index is -0.450. The summed E-state index contributed by atoms with van der Waals surface area (Å²) in [6.45, 7) is 2.87. The highest BCUT2D eigenvalue weighted by Crippen LogP contribution is 2.39. The van der Waals surface area contributed by atoms with Gasteiger partial charge in [-0.05, 0) is 42.3 Å². The summed E-state index contributed by atoms with van der Waals surface area (Å²) in [6, 6.07) is 8.68. The number of Topliss-reactive ketones (excluding diaryl/α,β-unsaturated/α-hetero) is 1. The zero-order valence-corrected chi connectivity index (χ0v) is 16.3. The van der Waals surface area contributed by atoms with Crippen molar-refractivity contribution >= 4 is 11.5 Å². The van der Waals surface area contributed by atoms with Crippen LogP contribution in [0.3, 0.4) is 0 Å². The van der Waals surface area contributed by atoms with Gasteiger partial charge in [-0.2, -0.15) is 5.10 Å². The molecule has 0 aliphatic carbocycles. The number of nitrogens with one attached hydrogen (secondary N) is 1. The van der Waals surface area contributed by atoms with Crippen LogP contribution in [0.15, 0.2) is 47.7 Å². The SMILES string of the molecule is CCn1ncnc1C1C2=NCC(=O)c3cc(F)cc(c32)CNC1c1ccc(F)cc1. The van der Waals surface area contributed by atoms with Gasteiger partial charge in [-0.15, -0.1) is 0 Å². The number of benzene rings is 2. The van der Waals surface area contributed by atoms with E-state index in [0.29, 0.717) is 41.3 Å². The van der Waals surface area contributed by atoms with Gasteiger partial charge in [-0.3, -0.25) is 9.79 Å². The summed E-state index contributed by atoms with van der Waals surface area (Å²) in [5.74, 6) is -0.667. The van der Waals surface area contributed by atoms with Crippen molar-refractivity contribution in [2.45, 2.75) is 32.0 Å². The Hall–Kier alpha value is -3.26. The fourth-order valence-corrected chi connectivity index (χ4v) is 4.41. The maximum atomic E-state index is 14.3. The third kappa shape index (κ3) is 2.95. The predicted octanol–water partition coefficient (Wildman–Crippen LogP) is 3.19. The predicted molar refractivity (Wildman–Crippen MR) is 107 cm³/mol. The van der Waals surface area contributed by atoms with Crippen molar-refractivity contribution in [1.82, 2.24) is 20.1 Å². The number of nitrogens with zero attached hydrogens (tertiary/aromatic N) is 4. The zero-order chi connectivity index (χ0) is 20.8. The van der Waals surface area contributed by atoms with Crippen molar-refractivity contribution < 1.29 is 13.6 Å². The minimum absolute atomic E-state index is 0.0435. The van der Waals surface area contributed by atoms with E-state index in [1.807, 2.05) is 6.92 Å². The van der Waals surface area contributed by atoms with E-state index < -0.39 is 5.82 Å². The number of hydrogen-bond donors (Lipinski definition) is 1. The summed E-state index contributed by atoms with van der Waals surface area (Å²) >= 11 is 0. The van der Waals surface area contributed by atoms with Crippen LogP contribution in [-0.4, -0.2) is 32.8 Å². The van der Waals surface area contributed by atoms with Crippen molar-refractivity contribution in [3.05, 3.63) is 82.4 Å². The molecule has 2 aliphatic rings. The normalized spacial score (nSPS) is 20.5. The van der Waals surface area contributed by atoms with Crippen molar-refractivity contribution in [3.63, 3.8) is 0 Å². The van der Waals surface area contributed by atoms with E-state index >= 15 is 0 Å². The summed E-state index contributed by atoms with van der Waals surface area (Å²) < 4.78 is 29.6. The van der Waals surface area contributed by atoms with Crippen LogP contribution in [-0.2, 0) is 13.1 Å². The maximum Gasteiger partial charge on any atom is 0.184 e. The third-order valence-electron chi connectivity index (χ3n) is 5.73. The monoisotopic (exact) mass is 407 g/mol. The molecule has 0 saturated heterocycles. The molecule has 1 aromatic heterocycles. The Morgan fingerprint density at radius 1 is 1.17 bits per heavy atom. The fraction of sp³-hybridized carbons (Fsp3) is 0.273. The number of hydrogen-bond acceptors (Lipinski definition) is 5. The average molecular weight is 407 g/mol. The van der Waals surface area contributed by atoms with Gasteiger partial charge in [-0.25, -0.2) is 18.4 Å². The lowest BCUT2D eigenvalue weighted by Gasteiger charge is -2.28. The fourth-order valence-electron chi connectivity index (χ4n) is 4.41. The van der Waals surface area contributed by atoms with Gasteiger partial charge in [-0.1, -0.05) is 12.1 Å². The quantitative estimate of drug-likeness (QED) is 0.724. The summed E-state index contributed by atoms with van der Waals surface area (Å²) in [7, 11) is 0. The van der Waals surface area contributed by atoms with Crippen LogP contribution in [0.25, 0.3) is 0 Å². The Balaban J connectivity index is 1.75. The largest absolute Gasteiger partial charge is 0.305 e. The van der Waals surface area contributed by atoms with Gasteiger partial charge < -0.3 is 5.32 Å². The van der Waals surface area contributed by atoms with Crippen molar-refractivity contribution in [2.24, 2.45) is 4.99 Å². The average Bonchev–Trinajstić information content (AvgIpc) is 3.15. The van der Waals surface area contributed by atoms with E-state index in [1.54, 1.807) is 16.8 Å². The van der Waals surface area contributed by atoms with E-state index in [9.17, 15) is 13.6 Å². The molecule has 2 atom stereocenters. The highest BCUT2D eigenvalue weighted by Gasteiger charge is 2.40. The molecular weight excluding hydrogens is 388 g/mol. The molecule has 0 bridgehead atoms. The standard InChI is InChI=1S/C22H19F2N5O/c1-2-29-22(27-11-28-29)19-20(12-3-5-14(23)6-4-12)25-9-13-7-15(24)8-16-17(30)10-26-21(19)18(13)16/h3-8,11,19-20,25H,2,9-10H2,1H3. The number of ketones is 1. The van der Waals surface area contributed by atoms with Gasteiger partial charge in [0.1, 0.15) is 30.3 Å². The number of halogens is 2. The molecule has 3 heterocycles.